The molecule has 0 unspecified atom stereocenters. The molecule has 0 saturated carbocycles. The summed E-state index contributed by atoms with van der Waals surface area (Å²) in [7, 11) is 1.46. The van der Waals surface area contributed by atoms with Gasteiger partial charge in [0.05, 0.1) is 19.5 Å². The molecular weight excluding hydrogens is 260 g/mol. The normalized spacial score (nSPS) is 10.9. The van der Waals surface area contributed by atoms with Gasteiger partial charge in [-0.05, 0) is 12.1 Å². The van der Waals surface area contributed by atoms with Crippen molar-refractivity contribution in [3.05, 3.63) is 48.2 Å². The number of pyridine rings is 1. The molecule has 2 aromatic rings. The molecular formula is C12H12N6O2. The van der Waals surface area contributed by atoms with Crippen LogP contribution in [0.5, 0.6) is 5.88 Å². The van der Waals surface area contributed by atoms with E-state index < -0.39 is 5.91 Å². The summed E-state index contributed by atoms with van der Waals surface area (Å²) in [6.07, 6.45) is 5.87. The van der Waals surface area contributed by atoms with Crippen molar-refractivity contribution in [2.45, 2.75) is 0 Å². The van der Waals surface area contributed by atoms with Crippen molar-refractivity contribution in [3.8, 4) is 5.88 Å². The summed E-state index contributed by atoms with van der Waals surface area (Å²) in [4.78, 5) is 23.5. The van der Waals surface area contributed by atoms with Crippen molar-refractivity contribution in [2.24, 2.45) is 10.8 Å². The van der Waals surface area contributed by atoms with Crippen LogP contribution in [0, 0.1) is 0 Å². The number of rotatable bonds is 4. The van der Waals surface area contributed by atoms with Gasteiger partial charge in [0.15, 0.2) is 5.84 Å². The number of hydrogen-bond acceptors (Lipinski definition) is 6. The standard InChI is InChI=1S/C12H12N6O2/c1-20-10-7-15-6-9(16-10)11(13)17-18-12(19)8-2-4-14-5-3-8/h2-7H,1H3,(H2,13,17)(H,18,19). The average molecular weight is 272 g/mol. The number of nitrogens with zero attached hydrogens (tertiary/aromatic N) is 4. The molecule has 0 saturated heterocycles. The van der Waals surface area contributed by atoms with Crippen LogP contribution < -0.4 is 15.9 Å². The maximum Gasteiger partial charge on any atom is 0.271 e. The molecule has 2 aromatic heterocycles. The van der Waals surface area contributed by atoms with Crippen molar-refractivity contribution in [2.75, 3.05) is 7.11 Å². The quantitative estimate of drug-likeness (QED) is 0.457. The van der Waals surface area contributed by atoms with Crippen LogP contribution in [0.4, 0.5) is 0 Å². The van der Waals surface area contributed by atoms with Gasteiger partial charge in [-0.3, -0.25) is 14.8 Å². The minimum absolute atomic E-state index is 0.0267. The Bertz CT molecular complexity index is 629. The molecule has 0 atom stereocenters. The van der Waals surface area contributed by atoms with Gasteiger partial charge in [0.25, 0.3) is 5.91 Å². The van der Waals surface area contributed by atoms with Gasteiger partial charge >= 0.3 is 0 Å². The monoisotopic (exact) mass is 272 g/mol. The summed E-state index contributed by atoms with van der Waals surface area (Å²) in [6, 6.07) is 3.12. The van der Waals surface area contributed by atoms with Crippen molar-refractivity contribution >= 4 is 11.7 Å². The molecule has 2 rings (SSSR count). The molecule has 1 amide bonds. The van der Waals surface area contributed by atoms with E-state index in [1.54, 1.807) is 12.1 Å². The van der Waals surface area contributed by atoms with Gasteiger partial charge in [-0.1, -0.05) is 0 Å². The van der Waals surface area contributed by atoms with E-state index in [9.17, 15) is 4.79 Å². The first-order valence-corrected chi connectivity index (χ1v) is 5.60. The smallest absolute Gasteiger partial charge is 0.271 e. The lowest BCUT2D eigenvalue weighted by molar-refractivity contribution is 0.0954. The van der Waals surface area contributed by atoms with E-state index in [1.807, 2.05) is 0 Å². The molecule has 0 aliphatic heterocycles. The van der Waals surface area contributed by atoms with Crippen LogP contribution in [0.25, 0.3) is 0 Å². The Balaban J connectivity index is 2.09. The highest BCUT2D eigenvalue weighted by Gasteiger charge is 2.06. The van der Waals surface area contributed by atoms with E-state index in [4.69, 9.17) is 10.5 Å². The van der Waals surface area contributed by atoms with E-state index in [0.717, 1.165) is 0 Å². The molecule has 0 radical (unpaired) electrons. The van der Waals surface area contributed by atoms with Gasteiger partial charge in [0, 0.05) is 18.0 Å². The molecule has 0 fully saturated rings. The molecule has 102 valence electrons. The number of methoxy groups -OCH3 is 1. The van der Waals surface area contributed by atoms with Crippen LogP contribution in [-0.2, 0) is 0 Å². The number of nitrogens with two attached hydrogens (primary N) is 1. The predicted octanol–water partition coefficient (Wildman–Crippen LogP) is -0.0695. The van der Waals surface area contributed by atoms with E-state index >= 15 is 0 Å². The molecule has 0 spiro atoms. The van der Waals surface area contributed by atoms with Gasteiger partial charge in [-0.25, -0.2) is 10.4 Å². The Labute approximate surface area is 114 Å². The van der Waals surface area contributed by atoms with Gasteiger partial charge in [0.2, 0.25) is 5.88 Å². The lowest BCUT2D eigenvalue weighted by Gasteiger charge is -2.03. The molecule has 2 heterocycles. The zero-order chi connectivity index (χ0) is 14.4. The number of hydrazone groups is 1. The fourth-order valence-corrected chi connectivity index (χ4v) is 1.31. The van der Waals surface area contributed by atoms with Gasteiger partial charge < -0.3 is 10.5 Å². The third kappa shape index (κ3) is 3.25. The number of carbonyl (C=O) groups is 1. The van der Waals surface area contributed by atoms with Crippen LogP contribution in [0.2, 0.25) is 0 Å². The van der Waals surface area contributed by atoms with Crippen molar-refractivity contribution in [3.63, 3.8) is 0 Å². The molecule has 0 aromatic carbocycles. The highest BCUT2D eigenvalue weighted by molar-refractivity contribution is 5.98. The van der Waals surface area contributed by atoms with Gasteiger partial charge in [-0.2, -0.15) is 5.10 Å². The van der Waals surface area contributed by atoms with E-state index in [2.05, 4.69) is 25.5 Å². The summed E-state index contributed by atoms with van der Waals surface area (Å²) in [5.74, 6) is -0.0638. The van der Waals surface area contributed by atoms with Crippen molar-refractivity contribution in [1.82, 2.24) is 20.4 Å². The van der Waals surface area contributed by atoms with Crippen molar-refractivity contribution < 1.29 is 9.53 Å². The maximum absolute atomic E-state index is 11.7. The Hall–Kier alpha value is -3.03. The largest absolute Gasteiger partial charge is 0.480 e. The number of hydrogen-bond donors (Lipinski definition) is 2. The second kappa shape index (κ2) is 6.23. The van der Waals surface area contributed by atoms with Crippen LogP contribution >= 0.6 is 0 Å². The highest BCUT2D eigenvalue weighted by Crippen LogP contribution is 2.03. The first kappa shape index (κ1) is 13.4. The summed E-state index contributed by atoms with van der Waals surface area (Å²) >= 11 is 0. The number of nitrogens with one attached hydrogen (secondary N) is 1. The second-order valence-corrected chi connectivity index (χ2v) is 3.62. The first-order chi connectivity index (χ1) is 9.70. The zero-order valence-corrected chi connectivity index (χ0v) is 10.6. The third-order valence-electron chi connectivity index (χ3n) is 2.30. The van der Waals surface area contributed by atoms with Crippen molar-refractivity contribution in [1.29, 1.82) is 0 Å². The maximum atomic E-state index is 11.7. The van der Waals surface area contributed by atoms with Crippen LogP contribution in [-0.4, -0.2) is 33.8 Å². The molecule has 8 nitrogen and oxygen atoms in total. The number of aromatic nitrogens is 3. The van der Waals surface area contributed by atoms with Crippen LogP contribution in [0.3, 0.4) is 0 Å². The third-order valence-corrected chi connectivity index (χ3v) is 2.30. The topological polar surface area (TPSA) is 115 Å². The highest BCUT2D eigenvalue weighted by atomic mass is 16.5. The Kier molecular flexibility index (Phi) is 4.17. The lowest BCUT2D eigenvalue weighted by Crippen LogP contribution is -2.24. The lowest BCUT2D eigenvalue weighted by atomic mass is 10.3. The average Bonchev–Trinajstić information content (AvgIpc) is 2.53. The molecule has 0 aliphatic carbocycles. The molecule has 3 N–H and O–H groups in total. The number of carbonyl (C=O) groups excluding carboxylic acids is 1. The second-order valence-electron chi connectivity index (χ2n) is 3.62. The Morgan fingerprint density at radius 3 is 2.75 bits per heavy atom. The number of ether oxygens (including phenoxy) is 1. The summed E-state index contributed by atoms with van der Waals surface area (Å²) < 4.78 is 4.92. The first-order valence-electron chi connectivity index (χ1n) is 5.60. The molecule has 20 heavy (non-hydrogen) atoms. The van der Waals surface area contributed by atoms with Crippen LogP contribution in [0.15, 0.2) is 42.0 Å². The number of amides is 1. The van der Waals surface area contributed by atoms with Crippen LogP contribution in [0.1, 0.15) is 16.1 Å². The summed E-state index contributed by atoms with van der Waals surface area (Å²) in [6.45, 7) is 0. The summed E-state index contributed by atoms with van der Waals surface area (Å²) in [5.41, 5.74) is 8.76. The van der Waals surface area contributed by atoms with E-state index in [1.165, 1.54) is 31.9 Å². The van der Waals surface area contributed by atoms with Gasteiger partial charge in [0.1, 0.15) is 5.69 Å². The number of amidine groups is 1. The Morgan fingerprint density at radius 2 is 2.05 bits per heavy atom. The van der Waals surface area contributed by atoms with Gasteiger partial charge in [-0.15, -0.1) is 0 Å². The molecule has 8 heteroatoms. The fourth-order valence-electron chi connectivity index (χ4n) is 1.31. The minimum atomic E-state index is -0.397. The summed E-state index contributed by atoms with van der Waals surface area (Å²) in [5, 5.41) is 3.76. The van der Waals surface area contributed by atoms with E-state index in [0.29, 0.717) is 17.1 Å². The zero-order valence-electron chi connectivity index (χ0n) is 10.6. The fraction of sp³-hybridized carbons (Fsp3) is 0.0833. The molecule has 0 bridgehead atoms. The van der Waals surface area contributed by atoms with E-state index in [-0.39, 0.29) is 5.84 Å². The SMILES string of the molecule is COc1cncc(C(N)=NNC(=O)c2ccncc2)n1. The predicted molar refractivity (Wildman–Crippen MR) is 71.0 cm³/mol. The minimum Gasteiger partial charge on any atom is -0.480 e. The molecule has 0 aliphatic rings. The Morgan fingerprint density at radius 1 is 1.30 bits per heavy atom.